The summed E-state index contributed by atoms with van der Waals surface area (Å²) in [6, 6.07) is 3.90. The summed E-state index contributed by atoms with van der Waals surface area (Å²) in [5.74, 6) is 0. The minimum atomic E-state index is -0.314. The quantitative estimate of drug-likeness (QED) is 0.727. The van der Waals surface area contributed by atoms with Crippen LogP contribution in [-0.2, 0) is 9.31 Å². The van der Waals surface area contributed by atoms with Crippen molar-refractivity contribution in [1.82, 2.24) is 0 Å². The van der Waals surface area contributed by atoms with Gasteiger partial charge in [0, 0.05) is 5.02 Å². The van der Waals surface area contributed by atoms with E-state index in [0.717, 1.165) is 21.6 Å². The predicted octanol–water partition coefficient (Wildman–Crippen LogP) is 3.26. The highest BCUT2D eigenvalue weighted by Gasteiger charge is 2.52. The smallest absolute Gasteiger partial charge is 0.399 e. The molecule has 98 valence electrons. The highest BCUT2D eigenvalue weighted by atomic mass is 35.5. The molecule has 0 aliphatic carbocycles. The van der Waals surface area contributed by atoms with Crippen LogP contribution in [0.2, 0.25) is 5.02 Å². The molecule has 2 nitrogen and oxygen atoms in total. The lowest BCUT2D eigenvalue weighted by Gasteiger charge is -2.32. The van der Waals surface area contributed by atoms with Crippen LogP contribution in [0.1, 0.15) is 38.8 Å². The fourth-order valence-corrected chi connectivity index (χ4v) is 2.24. The molecule has 4 heteroatoms. The Morgan fingerprint density at radius 2 is 1.44 bits per heavy atom. The van der Waals surface area contributed by atoms with Crippen LogP contribution in [0.3, 0.4) is 0 Å². The van der Waals surface area contributed by atoms with Crippen LogP contribution in [0.4, 0.5) is 0 Å². The highest BCUT2D eigenvalue weighted by Crippen LogP contribution is 2.37. The Morgan fingerprint density at radius 1 is 0.944 bits per heavy atom. The molecule has 0 radical (unpaired) electrons. The summed E-state index contributed by atoms with van der Waals surface area (Å²) in [5, 5.41) is 0.785. The Kier molecular flexibility index (Phi) is 3.29. The van der Waals surface area contributed by atoms with Gasteiger partial charge in [-0.1, -0.05) is 17.7 Å². The molecule has 0 unspecified atom stereocenters. The van der Waals surface area contributed by atoms with Gasteiger partial charge in [-0.25, -0.2) is 0 Å². The van der Waals surface area contributed by atoms with Crippen LogP contribution in [0.5, 0.6) is 0 Å². The minimum Gasteiger partial charge on any atom is -0.399 e. The van der Waals surface area contributed by atoms with E-state index in [4.69, 9.17) is 20.9 Å². The van der Waals surface area contributed by atoms with Crippen molar-refractivity contribution in [2.24, 2.45) is 0 Å². The second kappa shape index (κ2) is 4.26. The molecule has 1 fully saturated rings. The Morgan fingerprint density at radius 3 is 1.94 bits per heavy atom. The van der Waals surface area contributed by atoms with Gasteiger partial charge in [0.05, 0.1) is 11.2 Å². The first-order chi connectivity index (χ1) is 8.16. The zero-order valence-corrected chi connectivity index (χ0v) is 12.7. The van der Waals surface area contributed by atoms with E-state index >= 15 is 0 Å². The molecule has 18 heavy (non-hydrogen) atoms. The lowest BCUT2D eigenvalue weighted by atomic mass is 9.75. The van der Waals surface area contributed by atoms with Gasteiger partial charge in [-0.05, 0) is 64.2 Å². The molecule has 1 aromatic carbocycles. The van der Waals surface area contributed by atoms with Crippen LogP contribution in [-0.4, -0.2) is 18.3 Å². The van der Waals surface area contributed by atoms with Gasteiger partial charge in [-0.2, -0.15) is 0 Å². The summed E-state index contributed by atoms with van der Waals surface area (Å²) >= 11 is 6.12. The standard InChI is InChI=1S/C14H20BClO2/c1-9-10(2)12(16)8-7-11(9)15-17-13(3,4)14(5,6)18-15/h7-8H,1-6H3. The molecule has 0 aromatic heterocycles. The normalized spacial score (nSPS) is 21.4. The van der Waals surface area contributed by atoms with Gasteiger partial charge in [0.2, 0.25) is 0 Å². The average molecular weight is 267 g/mol. The van der Waals surface area contributed by atoms with E-state index in [0.29, 0.717) is 0 Å². The maximum atomic E-state index is 6.12. The molecule has 1 heterocycles. The Balaban J connectivity index is 2.39. The summed E-state index contributed by atoms with van der Waals surface area (Å²) in [7, 11) is -0.314. The molecule has 1 aromatic rings. The second-order valence-electron chi connectivity index (χ2n) is 5.97. The number of hydrogen-bond donors (Lipinski definition) is 0. The maximum absolute atomic E-state index is 6.12. The van der Waals surface area contributed by atoms with Crippen LogP contribution in [0.25, 0.3) is 0 Å². The van der Waals surface area contributed by atoms with Gasteiger partial charge in [0.25, 0.3) is 0 Å². The van der Waals surface area contributed by atoms with Crippen molar-refractivity contribution >= 4 is 24.2 Å². The lowest BCUT2D eigenvalue weighted by Crippen LogP contribution is -2.41. The topological polar surface area (TPSA) is 18.5 Å². The Hall–Kier alpha value is -0.505. The summed E-state index contributed by atoms with van der Waals surface area (Å²) in [5.41, 5.74) is 2.68. The number of hydrogen-bond acceptors (Lipinski definition) is 2. The van der Waals surface area contributed by atoms with E-state index < -0.39 is 0 Å². The third-order valence-corrected chi connectivity index (χ3v) is 4.68. The highest BCUT2D eigenvalue weighted by molar-refractivity contribution is 6.62. The van der Waals surface area contributed by atoms with Gasteiger partial charge in [0.1, 0.15) is 0 Å². The van der Waals surface area contributed by atoms with E-state index in [1.54, 1.807) is 0 Å². The van der Waals surface area contributed by atoms with Crippen LogP contribution >= 0.6 is 11.6 Å². The molecule has 0 N–H and O–H groups in total. The van der Waals surface area contributed by atoms with E-state index in [1.807, 2.05) is 19.1 Å². The monoisotopic (exact) mass is 266 g/mol. The van der Waals surface area contributed by atoms with E-state index in [-0.39, 0.29) is 18.3 Å². The average Bonchev–Trinajstić information content (AvgIpc) is 2.45. The second-order valence-corrected chi connectivity index (χ2v) is 6.38. The van der Waals surface area contributed by atoms with Crippen LogP contribution in [0, 0.1) is 13.8 Å². The predicted molar refractivity (Wildman–Crippen MR) is 76.6 cm³/mol. The molecular formula is C14H20BClO2. The largest absolute Gasteiger partial charge is 0.495 e. The summed E-state index contributed by atoms with van der Waals surface area (Å²) in [6.45, 7) is 12.3. The maximum Gasteiger partial charge on any atom is 0.495 e. The number of rotatable bonds is 1. The molecule has 0 atom stereocenters. The first kappa shape index (κ1) is 13.9. The molecule has 1 saturated heterocycles. The SMILES string of the molecule is Cc1c(Cl)ccc(B2OC(C)(C)C(C)(C)O2)c1C. The van der Waals surface area contributed by atoms with Gasteiger partial charge in [-0.15, -0.1) is 0 Å². The van der Waals surface area contributed by atoms with E-state index in [1.165, 1.54) is 0 Å². The molecule has 2 rings (SSSR count). The van der Waals surface area contributed by atoms with Crippen molar-refractivity contribution in [3.05, 3.63) is 28.3 Å². The van der Waals surface area contributed by atoms with Gasteiger partial charge in [-0.3, -0.25) is 0 Å². The van der Waals surface area contributed by atoms with E-state index in [9.17, 15) is 0 Å². The molecule has 0 bridgehead atoms. The van der Waals surface area contributed by atoms with Crippen LogP contribution < -0.4 is 5.46 Å². The van der Waals surface area contributed by atoms with Crippen molar-refractivity contribution in [2.75, 3.05) is 0 Å². The van der Waals surface area contributed by atoms with Crippen molar-refractivity contribution in [3.63, 3.8) is 0 Å². The molecule has 1 aliphatic heterocycles. The third kappa shape index (κ3) is 2.09. The lowest BCUT2D eigenvalue weighted by molar-refractivity contribution is 0.00578. The third-order valence-electron chi connectivity index (χ3n) is 4.27. The van der Waals surface area contributed by atoms with Crippen molar-refractivity contribution in [1.29, 1.82) is 0 Å². The zero-order chi connectivity index (χ0) is 13.7. The Bertz CT molecular complexity index is 467. The van der Waals surface area contributed by atoms with Crippen molar-refractivity contribution < 1.29 is 9.31 Å². The fourth-order valence-electron chi connectivity index (χ4n) is 2.03. The van der Waals surface area contributed by atoms with Gasteiger partial charge >= 0.3 is 7.12 Å². The summed E-state index contributed by atoms with van der Waals surface area (Å²) in [6.07, 6.45) is 0. The molecule has 0 spiro atoms. The molecule has 1 aliphatic rings. The number of benzene rings is 1. The molecule has 0 amide bonds. The van der Waals surface area contributed by atoms with Gasteiger partial charge in [0.15, 0.2) is 0 Å². The molecule has 0 saturated carbocycles. The summed E-state index contributed by atoms with van der Waals surface area (Å²) < 4.78 is 12.1. The summed E-state index contributed by atoms with van der Waals surface area (Å²) in [4.78, 5) is 0. The van der Waals surface area contributed by atoms with E-state index in [2.05, 4.69) is 34.6 Å². The first-order valence-corrected chi connectivity index (χ1v) is 6.65. The zero-order valence-electron chi connectivity index (χ0n) is 11.9. The minimum absolute atomic E-state index is 0.308. The fraction of sp³-hybridized carbons (Fsp3) is 0.571. The first-order valence-electron chi connectivity index (χ1n) is 6.27. The van der Waals surface area contributed by atoms with Crippen LogP contribution in [0.15, 0.2) is 12.1 Å². The molecular weight excluding hydrogens is 246 g/mol. The Labute approximate surface area is 115 Å². The van der Waals surface area contributed by atoms with Crippen molar-refractivity contribution in [2.45, 2.75) is 52.7 Å². The van der Waals surface area contributed by atoms with Gasteiger partial charge < -0.3 is 9.31 Å². The van der Waals surface area contributed by atoms with Crippen molar-refractivity contribution in [3.8, 4) is 0 Å². The number of halogens is 1.